The number of nitrogens with one attached hydrogen (secondary N) is 1. The zero-order valence-corrected chi connectivity index (χ0v) is 9.90. The summed E-state index contributed by atoms with van der Waals surface area (Å²) in [4.78, 5) is 15.6. The third kappa shape index (κ3) is 3.06. The summed E-state index contributed by atoms with van der Waals surface area (Å²) >= 11 is 0. The van der Waals surface area contributed by atoms with E-state index in [1.54, 1.807) is 0 Å². The minimum absolute atomic E-state index is 0.0531. The van der Waals surface area contributed by atoms with Crippen molar-refractivity contribution in [2.45, 2.75) is 26.2 Å². The molecule has 0 aliphatic rings. The summed E-state index contributed by atoms with van der Waals surface area (Å²) in [6.45, 7) is 2.85. The first-order valence-corrected chi connectivity index (χ1v) is 5.88. The Morgan fingerprint density at radius 1 is 1.47 bits per heavy atom. The molecule has 0 atom stereocenters. The van der Waals surface area contributed by atoms with Crippen molar-refractivity contribution in [3.63, 3.8) is 0 Å². The molecule has 1 N–H and O–H groups in total. The number of fused-ring (bicyclic) bond motifs is 1. The summed E-state index contributed by atoms with van der Waals surface area (Å²) in [7, 11) is 0. The zero-order valence-electron chi connectivity index (χ0n) is 9.90. The van der Waals surface area contributed by atoms with Gasteiger partial charge in [-0.2, -0.15) is 0 Å². The molecule has 1 heterocycles. The highest BCUT2D eigenvalue weighted by Gasteiger charge is 2.05. The van der Waals surface area contributed by atoms with Gasteiger partial charge in [0.05, 0.1) is 6.42 Å². The van der Waals surface area contributed by atoms with E-state index in [-0.39, 0.29) is 5.91 Å². The largest absolute Gasteiger partial charge is 0.443 e. The van der Waals surface area contributed by atoms with E-state index < -0.39 is 0 Å². The van der Waals surface area contributed by atoms with E-state index >= 15 is 0 Å². The number of rotatable bonds is 5. The Kier molecular flexibility index (Phi) is 3.75. The molecule has 0 aliphatic carbocycles. The molecule has 1 amide bonds. The zero-order chi connectivity index (χ0) is 12.1. The molecule has 0 saturated carbocycles. The number of carbonyl (C=O) groups excluding carboxylic acids is 1. The Morgan fingerprint density at radius 3 is 3.18 bits per heavy atom. The maximum absolute atomic E-state index is 11.6. The minimum atomic E-state index is 0.0531. The molecule has 0 fully saturated rings. The summed E-state index contributed by atoms with van der Waals surface area (Å²) in [5.41, 5.74) is 2.49. The van der Waals surface area contributed by atoms with Gasteiger partial charge in [0, 0.05) is 6.54 Å². The molecule has 0 radical (unpaired) electrons. The number of aromatic nitrogens is 1. The monoisotopic (exact) mass is 232 g/mol. The van der Waals surface area contributed by atoms with Crippen LogP contribution in [0.1, 0.15) is 25.3 Å². The SMILES string of the molecule is CCCCNC(=O)Cc1ccc2ncoc2c1. The topological polar surface area (TPSA) is 55.1 Å². The first-order valence-electron chi connectivity index (χ1n) is 5.88. The lowest BCUT2D eigenvalue weighted by Gasteiger charge is -2.03. The van der Waals surface area contributed by atoms with E-state index in [2.05, 4.69) is 17.2 Å². The minimum Gasteiger partial charge on any atom is -0.443 e. The molecule has 1 aromatic heterocycles. The van der Waals surface area contributed by atoms with Crippen LogP contribution in [0.2, 0.25) is 0 Å². The molecule has 90 valence electrons. The Bertz CT molecular complexity index is 505. The van der Waals surface area contributed by atoms with Gasteiger partial charge < -0.3 is 9.73 Å². The van der Waals surface area contributed by atoms with Gasteiger partial charge >= 0.3 is 0 Å². The van der Waals surface area contributed by atoms with Crippen molar-refractivity contribution in [1.82, 2.24) is 10.3 Å². The summed E-state index contributed by atoms with van der Waals surface area (Å²) in [6.07, 6.45) is 3.91. The summed E-state index contributed by atoms with van der Waals surface area (Å²) in [6, 6.07) is 5.64. The first-order chi connectivity index (χ1) is 8.29. The number of amides is 1. The summed E-state index contributed by atoms with van der Waals surface area (Å²) in [5.74, 6) is 0.0531. The fourth-order valence-corrected chi connectivity index (χ4v) is 1.66. The van der Waals surface area contributed by atoms with E-state index in [1.807, 2.05) is 18.2 Å². The average molecular weight is 232 g/mol. The van der Waals surface area contributed by atoms with Crippen LogP contribution >= 0.6 is 0 Å². The Morgan fingerprint density at radius 2 is 2.35 bits per heavy atom. The predicted octanol–water partition coefficient (Wildman–Crippen LogP) is 2.29. The van der Waals surface area contributed by atoms with Gasteiger partial charge in [-0.05, 0) is 24.1 Å². The van der Waals surface area contributed by atoms with Crippen molar-refractivity contribution in [3.05, 3.63) is 30.2 Å². The molecule has 1 aromatic carbocycles. The molecule has 0 aliphatic heterocycles. The van der Waals surface area contributed by atoms with Crippen LogP contribution in [0.4, 0.5) is 0 Å². The van der Waals surface area contributed by atoms with E-state index in [4.69, 9.17) is 4.42 Å². The normalized spacial score (nSPS) is 10.6. The predicted molar refractivity (Wildman–Crippen MR) is 65.6 cm³/mol. The van der Waals surface area contributed by atoms with Crippen LogP contribution in [-0.4, -0.2) is 17.4 Å². The van der Waals surface area contributed by atoms with Crippen molar-refractivity contribution in [2.24, 2.45) is 0 Å². The molecule has 0 saturated heterocycles. The van der Waals surface area contributed by atoms with Crippen molar-refractivity contribution < 1.29 is 9.21 Å². The van der Waals surface area contributed by atoms with Gasteiger partial charge in [0.15, 0.2) is 12.0 Å². The van der Waals surface area contributed by atoms with Crippen LogP contribution in [0.5, 0.6) is 0 Å². The summed E-state index contributed by atoms with van der Waals surface area (Å²) in [5, 5.41) is 2.89. The highest BCUT2D eigenvalue weighted by atomic mass is 16.3. The maximum Gasteiger partial charge on any atom is 0.224 e. The second kappa shape index (κ2) is 5.48. The molecule has 0 spiro atoms. The first kappa shape index (κ1) is 11.6. The number of carbonyl (C=O) groups is 1. The van der Waals surface area contributed by atoms with Gasteiger partial charge in [0.1, 0.15) is 5.52 Å². The number of nitrogens with zero attached hydrogens (tertiary/aromatic N) is 1. The molecule has 0 unspecified atom stereocenters. The number of oxazole rings is 1. The van der Waals surface area contributed by atoms with Crippen LogP contribution in [0.15, 0.2) is 29.0 Å². The number of hydrogen-bond donors (Lipinski definition) is 1. The van der Waals surface area contributed by atoms with Gasteiger partial charge in [-0.3, -0.25) is 4.79 Å². The van der Waals surface area contributed by atoms with Gasteiger partial charge in [-0.25, -0.2) is 4.98 Å². The standard InChI is InChI=1S/C13H16N2O2/c1-2-3-6-14-13(16)8-10-4-5-11-12(7-10)17-9-15-11/h4-5,7,9H,2-3,6,8H2,1H3,(H,14,16). The summed E-state index contributed by atoms with van der Waals surface area (Å²) < 4.78 is 5.20. The lowest BCUT2D eigenvalue weighted by Crippen LogP contribution is -2.25. The molecule has 2 aromatic rings. The highest BCUT2D eigenvalue weighted by Crippen LogP contribution is 2.14. The van der Waals surface area contributed by atoms with Crippen molar-refractivity contribution in [1.29, 1.82) is 0 Å². The second-order valence-corrected chi connectivity index (χ2v) is 4.03. The highest BCUT2D eigenvalue weighted by molar-refractivity contribution is 5.80. The number of unbranched alkanes of at least 4 members (excludes halogenated alkanes) is 1. The molecular weight excluding hydrogens is 216 g/mol. The third-order valence-corrected chi connectivity index (χ3v) is 2.61. The van der Waals surface area contributed by atoms with Crippen LogP contribution in [-0.2, 0) is 11.2 Å². The van der Waals surface area contributed by atoms with Crippen molar-refractivity contribution in [2.75, 3.05) is 6.54 Å². The molecule has 4 heteroatoms. The lowest BCUT2D eigenvalue weighted by atomic mass is 10.1. The number of benzene rings is 1. The smallest absolute Gasteiger partial charge is 0.224 e. The fourth-order valence-electron chi connectivity index (χ4n) is 1.66. The Labute approximate surface area is 100 Å². The van der Waals surface area contributed by atoms with Crippen LogP contribution in [0.25, 0.3) is 11.1 Å². The molecule has 17 heavy (non-hydrogen) atoms. The van der Waals surface area contributed by atoms with Crippen LogP contribution < -0.4 is 5.32 Å². The Balaban J connectivity index is 1.95. The maximum atomic E-state index is 11.6. The van der Waals surface area contributed by atoms with E-state index in [0.717, 1.165) is 36.0 Å². The molecular formula is C13H16N2O2. The lowest BCUT2D eigenvalue weighted by molar-refractivity contribution is -0.120. The number of hydrogen-bond acceptors (Lipinski definition) is 3. The van der Waals surface area contributed by atoms with Gasteiger partial charge in [0.25, 0.3) is 0 Å². The third-order valence-electron chi connectivity index (χ3n) is 2.61. The van der Waals surface area contributed by atoms with Crippen LogP contribution in [0.3, 0.4) is 0 Å². The van der Waals surface area contributed by atoms with Crippen LogP contribution in [0, 0.1) is 0 Å². The average Bonchev–Trinajstić information content (AvgIpc) is 2.76. The van der Waals surface area contributed by atoms with E-state index in [1.165, 1.54) is 6.39 Å². The fraction of sp³-hybridized carbons (Fsp3) is 0.385. The molecule has 4 nitrogen and oxygen atoms in total. The van der Waals surface area contributed by atoms with Gasteiger partial charge in [0.2, 0.25) is 5.91 Å². The molecule has 0 bridgehead atoms. The van der Waals surface area contributed by atoms with Gasteiger partial charge in [-0.15, -0.1) is 0 Å². The van der Waals surface area contributed by atoms with E-state index in [9.17, 15) is 4.79 Å². The quantitative estimate of drug-likeness (QED) is 0.805. The van der Waals surface area contributed by atoms with Crippen molar-refractivity contribution in [3.8, 4) is 0 Å². The molecule has 2 rings (SSSR count). The van der Waals surface area contributed by atoms with Crippen molar-refractivity contribution >= 4 is 17.0 Å². The van der Waals surface area contributed by atoms with E-state index in [0.29, 0.717) is 6.42 Å². The second-order valence-electron chi connectivity index (χ2n) is 4.03. The van der Waals surface area contributed by atoms with Gasteiger partial charge in [-0.1, -0.05) is 19.4 Å². The Hall–Kier alpha value is -1.84.